The van der Waals surface area contributed by atoms with Gasteiger partial charge in [-0.05, 0) is 43.4 Å². The number of hydrogen-bond donors (Lipinski definition) is 2. The first-order chi connectivity index (χ1) is 8.96. The maximum atomic E-state index is 12.2. The van der Waals surface area contributed by atoms with Crippen molar-refractivity contribution in [2.75, 3.05) is 13.1 Å². The summed E-state index contributed by atoms with van der Waals surface area (Å²) in [5.74, 6) is -0.329. The second-order valence-corrected chi connectivity index (χ2v) is 6.22. The normalized spacial score (nSPS) is 25.2. The molecule has 5 heteroatoms. The van der Waals surface area contributed by atoms with Crippen LogP contribution in [0.4, 0.5) is 4.79 Å². The summed E-state index contributed by atoms with van der Waals surface area (Å²) in [5.41, 5.74) is 0.254. The number of urea groups is 1. The fourth-order valence-corrected chi connectivity index (χ4v) is 2.90. The van der Waals surface area contributed by atoms with Crippen LogP contribution in [-0.2, 0) is 4.79 Å². The standard InChI is InChI=1S/C14H24N2O3/c1-10(2)14(6-7-14)9-15-13(19)16-8-4-3-5-11(16)12(17)18/h10-11H,3-9H2,1-2H3,(H,15,19)(H,17,18). The molecule has 0 aromatic rings. The van der Waals surface area contributed by atoms with E-state index >= 15 is 0 Å². The zero-order chi connectivity index (χ0) is 14.0. The molecule has 1 atom stereocenters. The monoisotopic (exact) mass is 268 g/mol. The van der Waals surface area contributed by atoms with Gasteiger partial charge in [-0.2, -0.15) is 0 Å². The number of likely N-dealkylation sites (tertiary alicyclic amines) is 1. The Morgan fingerprint density at radius 1 is 1.37 bits per heavy atom. The van der Waals surface area contributed by atoms with Gasteiger partial charge in [0.25, 0.3) is 0 Å². The van der Waals surface area contributed by atoms with Crippen molar-refractivity contribution in [3.8, 4) is 0 Å². The maximum Gasteiger partial charge on any atom is 0.326 e. The average Bonchev–Trinajstić information content (AvgIpc) is 3.17. The lowest BCUT2D eigenvalue weighted by Crippen LogP contribution is -2.52. The van der Waals surface area contributed by atoms with Gasteiger partial charge in [-0.1, -0.05) is 13.8 Å². The molecule has 1 aliphatic heterocycles. The first kappa shape index (κ1) is 14.2. The molecule has 0 radical (unpaired) electrons. The highest BCUT2D eigenvalue weighted by Gasteiger charge is 2.45. The Hall–Kier alpha value is -1.26. The van der Waals surface area contributed by atoms with Crippen molar-refractivity contribution in [2.45, 2.75) is 52.0 Å². The molecule has 5 nitrogen and oxygen atoms in total. The van der Waals surface area contributed by atoms with E-state index in [2.05, 4.69) is 19.2 Å². The molecular formula is C14H24N2O3. The Morgan fingerprint density at radius 3 is 2.58 bits per heavy atom. The van der Waals surface area contributed by atoms with Crippen LogP contribution < -0.4 is 5.32 Å². The summed E-state index contributed by atoms with van der Waals surface area (Å²) in [7, 11) is 0. The average molecular weight is 268 g/mol. The van der Waals surface area contributed by atoms with Crippen molar-refractivity contribution < 1.29 is 14.7 Å². The number of rotatable bonds is 4. The van der Waals surface area contributed by atoms with Crippen LogP contribution in [0.5, 0.6) is 0 Å². The van der Waals surface area contributed by atoms with E-state index in [1.165, 1.54) is 4.90 Å². The third-order valence-electron chi connectivity index (χ3n) is 4.76. The number of hydrogen-bond acceptors (Lipinski definition) is 2. The molecular weight excluding hydrogens is 244 g/mol. The van der Waals surface area contributed by atoms with Gasteiger partial charge in [-0.15, -0.1) is 0 Å². The summed E-state index contributed by atoms with van der Waals surface area (Å²) in [6.45, 7) is 5.59. The number of amides is 2. The quantitative estimate of drug-likeness (QED) is 0.820. The molecule has 0 aromatic carbocycles. The summed E-state index contributed by atoms with van der Waals surface area (Å²) < 4.78 is 0. The summed E-state index contributed by atoms with van der Waals surface area (Å²) in [5, 5.41) is 12.1. The van der Waals surface area contributed by atoms with E-state index in [4.69, 9.17) is 5.11 Å². The van der Waals surface area contributed by atoms with Crippen LogP contribution >= 0.6 is 0 Å². The first-order valence-electron chi connectivity index (χ1n) is 7.23. The Kier molecular flexibility index (Phi) is 4.02. The van der Waals surface area contributed by atoms with Gasteiger partial charge in [-0.25, -0.2) is 9.59 Å². The smallest absolute Gasteiger partial charge is 0.326 e. The fraction of sp³-hybridized carbons (Fsp3) is 0.857. The highest BCUT2D eigenvalue weighted by molar-refractivity contribution is 5.82. The molecule has 1 saturated carbocycles. The summed E-state index contributed by atoms with van der Waals surface area (Å²) in [4.78, 5) is 24.8. The predicted octanol–water partition coefficient (Wildman–Crippen LogP) is 2.07. The van der Waals surface area contributed by atoms with Crippen molar-refractivity contribution in [3.63, 3.8) is 0 Å². The van der Waals surface area contributed by atoms with E-state index in [0.717, 1.165) is 25.7 Å². The number of carboxylic acid groups (broad SMARTS) is 1. The number of nitrogens with one attached hydrogen (secondary N) is 1. The Bertz CT molecular complexity index is 364. The number of piperidine rings is 1. The summed E-state index contributed by atoms with van der Waals surface area (Å²) >= 11 is 0. The van der Waals surface area contributed by atoms with Crippen molar-refractivity contribution in [2.24, 2.45) is 11.3 Å². The number of nitrogens with zero attached hydrogens (tertiary/aromatic N) is 1. The second-order valence-electron chi connectivity index (χ2n) is 6.22. The maximum absolute atomic E-state index is 12.2. The van der Waals surface area contributed by atoms with Crippen LogP contribution in [0.15, 0.2) is 0 Å². The van der Waals surface area contributed by atoms with Crippen LogP contribution in [0.2, 0.25) is 0 Å². The molecule has 0 aromatic heterocycles. The molecule has 2 amide bonds. The molecule has 1 saturated heterocycles. The van der Waals surface area contributed by atoms with E-state index in [0.29, 0.717) is 25.4 Å². The van der Waals surface area contributed by atoms with Gasteiger partial charge in [0, 0.05) is 13.1 Å². The minimum Gasteiger partial charge on any atom is -0.480 e. The number of carbonyl (C=O) groups is 2. The summed E-state index contributed by atoms with van der Waals surface area (Å²) in [6.07, 6.45) is 4.67. The molecule has 1 unspecified atom stereocenters. The third kappa shape index (κ3) is 3.01. The number of carboxylic acids is 1. The predicted molar refractivity (Wildman–Crippen MR) is 71.9 cm³/mol. The zero-order valence-electron chi connectivity index (χ0n) is 11.8. The molecule has 0 bridgehead atoms. The Morgan fingerprint density at radius 2 is 2.05 bits per heavy atom. The largest absolute Gasteiger partial charge is 0.480 e. The number of carbonyl (C=O) groups excluding carboxylic acids is 1. The van der Waals surface area contributed by atoms with Crippen molar-refractivity contribution in [3.05, 3.63) is 0 Å². The van der Waals surface area contributed by atoms with Gasteiger partial charge >= 0.3 is 12.0 Å². The fourth-order valence-electron chi connectivity index (χ4n) is 2.90. The van der Waals surface area contributed by atoms with E-state index in [1.807, 2.05) is 0 Å². The molecule has 2 fully saturated rings. The highest BCUT2D eigenvalue weighted by atomic mass is 16.4. The SMILES string of the molecule is CC(C)C1(CNC(=O)N2CCCCC2C(=O)O)CC1. The minimum absolute atomic E-state index is 0.209. The van der Waals surface area contributed by atoms with Gasteiger partial charge in [-0.3, -0.25) is 0 Å². The van der Waals surface area contributed by atoms with Gasteiger partial charge in [0.1, 0.15) is 6.04 Å². The van der Waals surface area contributed by atoms with E-state index in [9.17, 15) is 9.59 Å². The molecule has 19 heavy (non-hydrogen) atoms. The number of aliphatic carboxylic acids is 1. The zero-order valence-corrected chi connectivity index (χ0v) is 11.8. The van der Waals surface area contributed by atoms with E-state index in [-0.39, 0.29) is 11.4 Å². The summed E-state index contributed by atoms with van der Waals surface area (Å²) in [6, 6.07) is -0.859. The first-order valence-corrected chi connectivity index (χ1v) is 7.23. The third-order valence-corrected chi connectivity index (χ3v) is 4.76. The lowest BCUT2D eigenvalue weighted by Gasteiger charge is -2.33. The van der Waals surface area contributed by atoms with Gasteiger partial charge in [0.2, 0.25) is 0 Å². The Balaban J connectivity index is 1.89. The van der Waals surface area contributed by atoms with Crippen LogP contribution in [0.3, 0.4) is 0 Å². The van der Waals surface area contributed by atoms with Crippen LogP contribution in [0.25, 0.3) is 0 Å². The molecule has 2 aliphatic rings. The van der Waals surface area contributed by atoms with Crippen molar-refractivity contribution in [1.82, 2.24) is 10.2 Å². The van der Waals surface area contributed by atoms with Crippen molar-refractivity contribution >= 4 is 12.0 Å². The van der Waals surface area contributed by atoms with Gasteiger partial charge in [0.15, 0.2) is 0 Å². The Labute approximate surface area is 114 Å². The molecule has 0 spiro atoms. The van der Waals surface area contributed by atoms with Crippen LogP contribution in [-0.4, -0.2) is 41.1 Å². The molecule has 108 valence electrons. The topological polar surface area (TPSA) is 69.6 Å². The molecule has 2 N–H and O–H groups in total. The van der Waals surface area contributed by atoms with Crippen LogP contribution in [0, 0.1) is 11.3 Å². The second kappa shape index (κ2) is 5.39. The lowest BCUT2D eigenvalue weighted by atomic mass is 9.92. The molecule has 1 aliphatic carbocycles. The van der Waals surface area contributed by atoms with Crippen LogP contribution in [0.1, 0.15) is 46.0 Å². The van der Waals surface area contributed by atoms with E-state index < -0.39 is 12.0 Å². The van der Waals surface area contributed by atoms with E-state index in [1.54, 1.807) is 0 Å². The van der Waals surface area contributed by atoms with Crippen molar-refractivity contribution in [1.29, 1.82) is 0 Å². The molecule has 1 heterocycles. The highest BCUT2D eigenvalue weighted by Crippen LogP contribution is 2.51. The lowest BCUT2D eigenvalue weighted by molar-refractivity contribution is -0.143. The minimum atomic E-state index is -0.889. The van der Waals surface area contributed by atoms with Gasteiger partial charge < -0.3 is 15.3 Å². The molecule has 2 rings (SSSR count). The van der Waals surface area contributed by atoms with Gasteiger partial charge in [0.05, 0.1) is 0 Å².